The van der Waals surface area contributed by atoms with Crippen molar-refractivity contribution in [2.24, 2.45) is 0 Å². The molecule has 1 aliphatic rings. The molecule has 0 saturated heterocycles. The molecule has 1 N–H and O–H groups in total. The van der Waals surface area contributed by atoms with Crippen LogP contribution in [0.25, 0.3) is 0 Å². The fourth-order valence-electron chi connectivity index (χ4n) is 3.00. The van der Waals surface area contributed by atoms with Crippen molar-refractivity contribution in [2.45, 2.75) is 25.9 Å². The van der Waals surface area contributed by atoms with Crippen LogP contribution in [-0.4, -0.2) is 39.5 Å². The predicted octanol–water partition coefficient (Wildman–Crippen LogP) is 3.46. The molecular weight excluding hydrogens is 330 g/mol. The van der Waals surface area contributed by atoms with E-state index >= 15 is 0 Å². The molecule has 0 unspecified atom stereocenters. The van der Waals surface area contributed by atoms with Crippen molar-refractivity contribution in [1.29, 1.82) is 0 Å². The van der Waals surface area contributed by atoms with Gasteiger partial charge in [0.15, 0.2) is 23.0 Å². The number of para-hydroxylation sites is 3. The maximum absolute atomic E-state index is 6.00. The Morgan fingerprint density at radius 2 is 1.96 bits per heavy atom. The summed E-state index contributed by atoms with van der Waals surface area (Å²) in [4.78, 5) is 0. The van der Waals surface area contributed by atoms with Gasteiger partial charge in [0.2, 0.25) is 0 Å². The van der Waals surface area contributed by atoms with Crippen LogP contribution in [0.3, 0.4) is 0 Å². The van der Waals surface area contributed by atoms with Gasteiger partial charge in [-0.3, -0.25) is 0 Å². The zero-order chi connectivity index (χ0) is 18.2. The van der Waals surface area contributed by atoms with Crippen molar-refractivity contribution in [3.8, 4) is 23.0 Å². The molecule has 0 bridgehead atoms. The lowest BCUT2D eigenvalue weighted by atomic mass is 10.1. The standard InChI is InChI=1S/C21H27NO4/c1-3-7-16-8-6-11-20(23-2)21(16)24-13-12-22-14-17-15-25-18-9-4-5-10-19(18)26-17/h4-6,8-11,17,22H,3,7,12-15H2,1-2H3/t17-/m0/s1. The Balaban J connectivity index is 1.44. The topological polar surface area (TPSA) is 49.0 Å². The van der Waals surface area contributed by atoms with Gasteiger partial charge in [-0.05, 0) is 30.2 Å². The van der Waals surface area contributed by atoms with Crippen molar-refractivity contribution < 1.29 is 18.9 Å². The van der Waals surface area contributed by atoms with Crippen LogP contribution in [0.4, 0.5) is 0 Å². The lowest BCUT2D eigenvalue weighted by molar-refractivity contribution is 0.0897. The van der Waals surface area contributed by atoms with Crippen LogP contribution in [0.5, 0.6) is 23.0 Å². The van der Waals surface area contributed by atoms with E-state index < -0.39 is 0 Å². The van der Waals surface area contributed by atoms with E-state index in [2.05, 4.69) is 18.3 Å². The second-order valence-corrected chi connectivity index (χ2v) is 6.25. The first kappa shape index (κ1) is 18.4. The minimum atomic E-state index is 0.00631. The Morgan fingerprint density at radius 3 is 2.77 bits per heavy atom. The Labute approximate surface area is 155 Å². The molecule has 0 amide bonds. The third-order valence-electron chi connectivity index (χ3n) is 4.26. The summed E-state index contributed by atoms with van der Waals surface area (Å²) in [6, 6.07) is 13.8. The molecule has 0 fully saturated rings. The summed E-state index contributed by atoms with van der Waals surface area (Å²) in [5, 5.41) is 3.37. The molecule has 5 nitrogen and oxygen atoms in total. The van der Waals surface area contributed by atoms with Crippen LogP contribution in [0.1, 0.15) is 18.9 Å². The van der Waals surface area contributed by atoms with Crippen LogP contribution in [0, 0.1) is 0 Å². The van der Waals surface area contributed by atoms with Crippen molar-refractivity contribution >= 4 is 0 Å². The molecule has 1 aliphatic heterocycles. The van der Waals surface area contributed by atoms with Gasteiger partial charge in [0, 0.05) is 13.1 Å². The van der Waals surface area contributed by atoms with Gasteiger partial charge >= 0.3 is 0 Å². The van der Waals surface area contributed by atoms with Crippen LogP contribution in [0.15, 0.2) is 42.5 Å². The van der Waals surface area contributed by atoms with Gasteiger partial charge in [-0.15, -0.1) is 0 Å². The first-order chi connectivity index (χ1) is 12.8. The molecule has 3 rings (SSSR count). The quantitative estimate of drug-likeness (QED) is 0.697. The lowest BCUT2D eigenvalue weighted by Gasteiger charge is -2.26. The van der Waals surface area contributed by atoms with Crippen molar-refractivity contribution in [3.63, 3.8) is 0 Å². The summed E-state index contributed by atoms with van der Waals surface area (Å²) < 4.78 is 23.1. The van der Waals surface area contributed by atoms with E-state index in [0.717, 1.165) is 42.4 Å². The van der Waals surface area contributed by atoms with E-state index in [9.17, 15) is 0 Å². The average Bonchev–Trinajstić information content (AvgIpc) is 2.68. The minimum absolute atomic E-state index is 0.00631. The van der Waals surface area contributed by atoms with E-state index in [1.54, 1.807) is 7.11 Å². The molecule has 0 aromatic heterocycles. The first-order valence-electron chi connectivity index (χ1n) is 9.19. The molecule has 0 saturated carbocycles. The van der Waals surface area contributed by atoms with Gasteiger partial charge in [-0.2, -0.15) is 0 Å². The third-order valence-corrected chi connectivity index (χ3v) is 4.26. The maximum atomic E-state index is 6.00. The van der Waals surface area contributed by atoms with Gasteiger partial charge in [0.25, 0.3) is 0 Å². The monoisotopic (exact) mass is 357 g/mol. The number of ether oxygens (including phenoxy) is 4. The second-order valence-electron chi connectivity index (χ2n) is 6.25. The summed E-state index contributed by atoms with van der Waals surface area (Å²) in [5.41, 5.74) is 1.19. The van der Waals surface area contributed by atoms with E-state index in [1.807, 2.05) is 36.4 Å². The molecule has 1 heterocycles. The van der Waals surface area contributed by atoms with E-state index in [-0.39, 0.29) is 6.10 Å². The molecule has 26 heavy (non-hydrogen) atoms. The normalized spacial score (nSPS) is 15.5. The Kier molecular flexibility index (Phi) is 6.61. The molecule has 0 spiro atoms. The molecular formula is C21H27NO4. The van der Waals surface area contributed by atoms with Gasteiger partial charge in [-0.25, -0.2) is 0 Å². The lowest BCUT2D eigenvalue weighted by Crippen LogP contribution is -2.39. The summed E-state index contributed by atoms with van der Waals surface area (Å²) in [5.74, 6) is 3.26. The highest BCUT2D eigenvalue weighted by Gasteiger charge is 2.20. The Hall–Kier alpha value is -2.40. The number of hydrogen-bond donors (Lipinski definition) is 1. The van der Waals surface area contributed by atoms with Crippen molar-refractivity contribution in [1.82, 2.24) is 5.32 Å². The zero-order valence-corrected chi connectivity index (χ0v) is 15.5. The van der Waals surface area contributed by atoms with Crippen LogP contribution in [-0.2, 0) is 6.42 Å². The summed E-state index contributed by atoms with van der Waals surface area (Å²) in [7, 11) is 1.68. The van der Waals surface area contributed by atoms with Gasteiger partial charge in [-0.1, -0.05) is 37.6 Å². The summed E-state index contributed by atoms with van der Waals surface area (Å²) in [6.07, 6.45) is 2.06. The fraction of sp³-hybridized carbons (Fsp3) is 0.429. The largest absolute Gasteiger partial charge is 0.493 e. The number of nitrogens with one attached hydrogen (secondary N) is 1. The molecule has 0 aliphatic carbocycles. The average molecular weight is 357 g/mol. The highest BCUT2D eigenvalue weighted by Crippen LogP contribution is 2.32. The van der Waals surface area contributed by atoms with Gasteiger partial charge < -0.3 is 24.3 Å². The predicted molar refractivity (Wildman–Crippen MR) is 102 cm³/mol. The summed E-state index contributed by atoms with van der Waals surface area (Å²) in [6.45, 7) is 4.73. The molecule has 140 valence electrons. The Morgan fingerprint density at radius 1 is 1.12 bits per heavy atom. The number of benzene rings is 2. The highest BCUT2D eigenvalue weighted by molar-refractivity contribution is 5.46. The third kappa shape index (κ3) is 4.61. The number of aryl methyl sites for hydroxylation is 1. The number of fused-ring (bicyclic) bond motifs is 1. The molecule has 5 heteroatoms. The smallest absolute Gasteiger partial charge is 0.164 e. The Bertz CT molecular complexity index is 704. The van der Waals surface area contributed by atoms with Crippen molar-refractivity contribution in [3.05, 3.63) is 48.0 Å². The van der Waals surface area contributed by atoms with Crippen LogP contribution < -0.4 is 24.3 Å². The highest BCUT2D eigenvalue weighted by atomic mass is 16.6. The first-order valence-corrected chi connectivity index (χ1v) is 9.19. The van der Waals surface area contributed by atoms with E-state index in [4.69, 9.17) is 18.9 Å². The zero-order valence-electron chi connectivity index (χ0n) is 15.5. The minimum Gasteiger partial charge on any atom is -0.493 e. The maximum Gasteiger partial charge on any atom is 0.164 e. The van der Waals surface area contributed by atoms with E-state index in [0.29, 0.717) is 19.8 Å². The number of hydrogen-bond acceptors (Lipinski definition) is 5. The van der Waals surface area contributed by atoms with Crippen LogP contribution in [0.2, 0.25) is 0 Å². The number of methoxy groups -OCH3 is 1. The summed E-state index contributed by atoms with van der Waals surface area (Å²) >= 11 is 0. The van der Waals surface area contributed by atoms with Gasteiger partial charge in [0.05, 0.1) is 7.11 Å². The van der Waals surface area contributed by atoms with E-state index in [1.165, 1.54) is 5.56 Å². The second kappa shape index (κ2) is 9.34. The number of rotatable bonds is 9. The SMILES string of the molecule is CCCc1cccc(OC)c1OCCNC[C@H]1COc2ccccc2O1. The molecule has 2 aromatic rings. The van der Waals surface area contributed by atoms with Crippen LogP contribution >= 0.6 is 0 Å². The van der Waals surface area contributed by atoms with Gasteiger partial charge in [0.1, 0.15) is 19.3 Å². The van der Waals surface area contributed by atoms with Crippen molar-refractivity contribution in [2.75, 3.05) is 33.4 Å². The molecule has 1 atom stereocenters. The molecule has 0 radical (unpaired) electrons. The molecule has 2 aromatic carbocycles. The fourth-order valence-corrected chi connectivity index (χ4v) is 3.00.